The second kappa shape index (κ2) is 27.5. The van der Waals surface area contributed by atoms with E-state index in [0.29, 0.717) is 0 Å². The van der Waals surface area contributed by atoms with Crippen LogP contribution in [0.4, 0.5) is 0 Å². The molecule has 3 heteroatoms. The molecule has 1 aliphatic rings. The molecule has 0 bridgehead atoms. The molecule has 538 valence electrons. The van der Waals surface area contributed by atoms with E-state index >= 15 is 0 Å². The van der Waals surface area contributed by atoms with Crippen LogP contribution in [0.25, 0.3) is 208 Å². The van der Waals surface area contributed by atoms with E-state index in [-0.39, 0.29) is 0 Å². The number of benzene rings is 20. The van der Waals surface area contributed by atoms with Crippen molar-refractivity contribution in [3.8, 4) is 89.0 Å². The summed E-state index contributed by atoms with van der Waals surface area (Å²) in [5.74, 6) is 0. The van der Waals surface area contributed by atoms with Gasteiger partial charge < -0.3 is 8.83 Å². The van der Waals surface area contributed by atoms with E-state index in [4.69, 9.17) is 8.83 Å². The summed E-state index contributed by atoms with van der Waals surface area (Å²) in [6.07, 6.45) is 0. The van der Waals surface area contributed by atoms with Gasteiger partial charge in [-0.2, -0.15) is 0 Å². The summed E-state index contributed by atoms with van der Waals surface area (Å²) < 4.78 is 12.3. The van der Waals surface area contributed by atoms with Gasteiger partial charge in [0.25, 0.3) is 0 Å². The third-order valence-corrected chi connectivity index (χ3v) is 27.7. The number of aryl methyl sites for hydroxylation is 3. The van der Waals surface area contributed by atoms with Gasteiger partial charge in [0.15, 0.2) is 0 Å². The van der Waals surface area contributed by atoms with Crippen molar-refractivity contribution in [1.82, 2.24) is 0 Å². The number of hydrogen-bond acceptors (Lipinski definition) is 2. The number of furan rings is 2. The van der Waals surface area contributed by atoms with Crippen molar-refractivity contribution in [1.29, 1.82) is 0 Å². The second-order valence-corrected chi connectivity index (χ2v) is 35.8. The fraction of sp³-hybridized carbons (Fsp3) is 0.0450. The van der Waals surface area contributed by atoms with Crippen LogP contribution in [-0.4, -0.2) is 8.07 Å². The van der Waals surface area contributed by atoms with Crippen LogP contribution in [0.5, 0.6) is 0 Å². The maximum absolute atomic E-state index is 6.15. The van der Waals surface area contributed by atoms with Crippen LogP contribution in [0.2, 0.25) is 13.1 Å². The summed E-state index contributed by atoms with van der Waals surface area (Å²) in [4.78, 5) is 0. The van der Waals surface area contributed by atoms with E-state index in [2.05, 4.69) is 392 Å². The van der Waals surface area contributed by atoms with Gasteiger partial charge in [-0.3, -0.25) is 0 Å². The zero-order valence-corrected chi connectivity index (χ0v) is 65.2. The molecule has 0 saturated carbocycles. The standard InChI is InChI=1S/C41H32Si.C37H24O.C33H22O/c1-27-17-23-35-37(25-27)41(31-22-24-39-36(26-31)32-13-9-10-16-38(32)42(39,2)3)34-15-8-7-14-33(34)40(35)30-20-18-29(19-21-30)28-11-5-4-6-12-28;1-23-14-18-31-33(20-23)37(27-17-19-35-32(22-27)28-10-6-7-13-34(28)38-35)30-12-5-4-11-29(30)36(31)26-16-15-24-8-2-3-9-25(24)21-26;1-21-15-17-27-29(19-21)33(23-16-18-31-28(20-23)24-11-7-8-14-30(24)34-31)26-13-6-5-12-25(26)32(27)22-9-3-2-4-10-22/h4-26H,1-3H3;2-22H,1H3;2-20H,1H3. The van der Waals surface area contributed by atoms with Gasteiger partial charge >= 0.3 is 0 Å². The van der Waals surface area contributed by atoms with Crippen LogP contribution in [0.1, 0.15) is 16.7 Å². The Morgan fingerprint density at radius 1 is 0.175 bits per heavy atom. The molecule has 3 heterocycles. The van der Waals surface area contributed by atoms with Gasteiger partial charge in [-0.15, -0.1) is 0 Å². The summed E-state index contributed by atoms with van der Waals surface area (Å²) in [5, 5.41) is 25.7. The Hall–Kier alpha value is -14.0. The van der Waals surface area contributed by atoms with Crippen molar-refractivity contribution in [2.75, 3.05) is 0 Å². The highest BCUT2D eigenvalue weighted by Gasteiger charge is 2.37. The molecular weight excluding hydrogens is 1390 g/mol. The van der Waals surface area contributed by atoms with Crippen LogP contribution >= 0.6 is 0 Å². The zero-order valence-electron chi connectivity index (χ0n) is 64.2. The molecule has 0 unspecified atom stereocenters. The topological polar surface area (TPSA) is 26.3 Å². The predicted molar refractivity (Wildman–Crippen MR) is 491 cm³/mol. The lowest BCUT2D eigenvalue weighted by Crippen LogP contribution is -2.49. The van der Waals surface area contributed by atoms with Gasteiger partial charge in [-0.25, -0.2) is 0 Å². The minimum absolute atomic E-state index is 0.924. The molecule has 0 spiro atoms. The first-order chi connectivity index (χ1) is 56.0. The SMILES string of the molecule is Cc1ccc2c(-c3ccc(-c4ccccc4)cc3)c3ccccc3c(-c3ccc4c(c3)-c3ccccc3[Si]4(C)C)c2c1.Cc1ccc2c(-c3ccc4ccccc4c3)c3ccccc3c(-c3ccc4oc5ccccc5c4c3)c2c1.Cc1ccc2c(-c3ccccc3)c3ccccc3c(-c3ccc4oc5ccccc5c4c3)c2c1. The monoisotopic (exact) mass is 1470 g/mol. The largest absolute Gasteiger partial charge is 0.456 e. The quantitative estimate of drug-likeness (QED) is 0.117. The molecule has 0 N–H and O–H groups in total. The summed E-state index contributed by atoms with van der Waals surface area (Å²) >= 11 is 0. The van der Waals surface area contributed by atoms with Crippen molar-refractivity contribution in [2.24, 2.45) is 0 Å². The molecular formula is C111H78O2Si. The molecule has 0 fully saturated rings. The first kappa shape index (κ1) is 68.1. The first-order valence-electron chi connectivity index (χ1n) is 39.7. The van der Waals surface area contributed by atoms with Crippen LogP contribution in [-0.2, 0) is 0 Å². The van der Waals surface area contributed by atoms with E-state index in [1.807, 2.05) is 24.3 Å². The maximum atomic E-state index is 6.15. The second-order valence-electron chi connectivity index (χ2n) is 31.5. The van der Waals surface area contributed by atoms with E-state index in [1.165, 1.54) is 181 Å². The normalized spacial score (nSPS) is 12.3. The maximum Gasteiger partial charge on any atom is 0.135 e. The molecule has 0 atom stereocenters. The first-order valence-corrected chi connectivity index (χ1v) is 42.7. The fourth-order valence-electron chi connectivity index (χ4n) is 18.8. The molecule has 2 nitrogen and oxygen atoms in total. The number of para-hydroxylation sites is 2. The minimum atomic E-state index is -1.70. The van der Waals surface area contributed by atoms with E-state index in [9.17, 15) is 0 Å². The smallest absolute Gasteiger partial charge is 0.135 e. The Kier molecular flexibility index (Phi) is 16.4. The predicted octanol–water partition coefficient (Wildman–Crippen LogP) is 30.3. The Labute approximate surface area is 663 Å². The summed E-state index contributed by atoms with van der Waals surface area (Å²) in [6.45, 7) is 11.5. The molecule has 20 aromatic carbocycles. The third-order valence-electron chi connectivity index (χ3n) is 24.1. The van der Waals surface area contributed by atoms with E-state index in [0.717, 1.165) is 43.9 Å². The molecule has 0 amide bonds. The van der Waals surface area contributed by atoms with Crippen molar-refractivity contribution in [2.45, 2.75) is 33.9 Å². The molecule has 114 heavy (non-hydrogen) atoms. The van der Waals surface area contributed by atoms with Gasteiger partial charge in [0.1, 0.15) is 30.4 Å². The van der Waals surface area contributed by atoms with Crippen molar-refractivity contribution in [3.05, 3.63) is 399 Å². The number of fused-ring (bicyclic) bond motifs is 16. The van der Waals surface area contributed by atoms with Gasteiger partial charge in [-0.05, 0) is 244 Å². The van der Waals surface area contributed by atoms with Crippen molar-refractivity contribution in [3.63, 3.8) is 0 Å². The fourth-order valence-corrected chi connectivity index (χ4v) is 21.9. The van der Waals surface area contributed by atoms with E-state index < -0.39 is 8.07 Å². The lowest BCUT2D eigenvalue weighted by atomic mass is 9.84. The molecule has 0 saturated heterocycles. The highest BCUT2D eigenvalue weighted by molar-refractivity contribution is 7.03. The van der Waals surface area contributed by atoms with Crippen LogP contribution in [0.15, 0.2) is 391 Å². The van der Waals surface area contributed by atoms with Crippen LogP contribution in [0.3, 0.4) is 0 Å². The number of rotatable bonds is 7. The third kappa shape index (κ3) is 11.4. The van der Waals surface area contributed by atoms with Crippen molar-refractivity contribution < 1.29 is 8.83 Å². The van der Waals surface area contributed by atoms with Gasteiger partial charge in [0, 0.05) is 21.5 Å². The Morgan fingerprint density at radius 2 is 0.482 bits per heavy atom. The average molecular weight is 1470 g/mol. The molecule has 23 rings (SSSR count). The zero-order chi connectivity index (χ0) is 76.3. The highest BCUT2D eigenvalue weighted by Crippen LogP contribution is 2.50. The van der Waals surface area contributed by atoms with Gasteiger partial charge in [0.2, 0.25) is 0 Å². The molecule has 2 aromatic heterocycles. The summed E-state index contributed by atoms with van der Waals surface area (Å²) in [6, 6.07) is 140. The Bertz CT molecular complexity index is 7650. The van der Waals surface area contributed by atoms with Gasteiger partial charge in [0.05, 0.1) is 0 Å². The molecule has 0 radical (unpaired) electrons. The lowest BCUT2D eigenvalue weighted by molar-refractivity contribution is 0.668. The molecule has 0 aliphatic carbocycles. The highest BCUT2D eigenvalue weighted by atomic mass is 28.3. The molecule has 22 aromatic rings. The van der Waals surface area contributed by atoms with Crippen molar-refractivity contribution >= 4 is 138 Å². The number of hydrogen-bond donors (Lipinski definition) is 0. The van der Waals surface area contributed by atoms with Crippen LogP contribution < -0.4 is 10.4 Å². The summed E-state index contributed by atoms with van der Waals surface area (Å²) in [5.41, 5.74) is 28.1. The van der Waals surface area contributed by atoms with Gasteiger partial charge in [-0.1, -0.05) is 363 Å². The summed E-state index contributed by atoms with van der Waals surface area (Å²) in [7, 11) is -1.70. The van der Waals surface area contributed by atoms with Crippen LogP contribution in [0, 0.1) is 20.8 Å². The Balaban J connectivity index is 0.000000108. The minimum Gasteiger partial charge on any atom is -0.456 e. The molecule has 1 aliphatic heterocycles. The lowest BCUT2D eigenvalue weighted by Gasteiger charge is -2.20. The average Bonchev–Trinajstić information content (AvgIpc) is 0.830. The Morgan fingerprint density at radius 3 is 0.974 bits per heavy atom. The van der Waals surface area contributed by atoms with E-state index in [1.54, 1.807) is 10.4 Å².